The monoisotopic (exact) mass is 475 g/mol. The third-order valence-electron chi connectivity index (χ3n) is 6.88. The van der Waals surface area contributed by atoms with Crippen molar-refractivity contribution in [1.82, 2.24) is 0 Å². The number of carbonyl (C=O) groups is 3. The van der Waals surface area contributed by atoms with Crippen molar-refractivity contribution in [1.29, 1.82) is 0 Å². The molecule has 0 spiro atoms. The van der Waals surface area contributed by atoms with Crippen LogP contribution in [0.5, 0.6) is 5.75 Å². The maximum atomic E-state index is 13.5. The fourth-order valence-corrected chi connectivity index (χ4v) is 6.15. The van der Waals surface area contributed by atoms with E-state index in [1.807, 2.05) is 6.07 Å². The molecule has 0 radical (unpaired) electrons. The molecule has 33 heavy (non-hydrogen) atoms. The number of phenols is 1. The van der Waals surface area contributed by atoms with Gasteiger partial charge in [0.1, 0.15) is 11.5 Å². The molecule has 0 bridgehead atoms. The van der Waals surface area contributed by atoms with Gasteiger partial charge < -0.3 is 26.2 Å². The Morgan fingerprint density at radius 3 is 2.45 bits per heavy atom. The fourth-order valence-electron chi connectivity index (χ4n) is 5.13. The van der Waals surface area contributed by atoms with Gasteiger partial charge in [0.15, 0.2) is 17.2 Å². The molecule has 0 saturated heterocycles. The van der Waals surface area contributed by atoms with Gasteiger partial charge in [-0.1, -0.05) is 31.8 Å². The quantitative estimate of drug-likeness (QED) is 0.284. The van der Waals surface area contributed by atoms with Gasteiger partial charge in [0, 0.05) is 26.2 Å². The van der Waals surface area contributed by atoms with Crippen molar-refractivity contribution in [3.8, 4) is 5.75 Å². The number of Topliss-reactive ketones (excluding diaryl/α,β-unsaturated/α-hetero) is 2. The van der Waals surface area contributed by atoms with E-state index in [1.54, 1.807) is 0 Å². The SMILES string of the molecule is C[Si](C)(C)CCc1ccc(O)c2c1C[C@H]1C[C@@H](CCO)[C@@](O)(C(=O)CC(N)=O)C(O)=C1C2=O. The zero-order valence-corrected chi connectivity index (χ0v) is 20.4. The topological polar surface area (TPSA) is 158 Å². The average Bonchev–Trinajstić information content (AvgIpc) is 2.70. The molecule has 0 aromatic heterocycles. The number of amides is 1. The number of aryl methyl sites for hydroxylation is 1. The third kappa shape index (κ3) is 4.62. The summed E-state index contributed by atoms with van der Waals surface area (Å²) in [4.78, 5) is 37.6. The summed E-state index contributed by atoms with van der Waals surface area (Å²) in [7, 11) is -1.36. The highest BCUT2D eigenvalue weighted by Crippen LogP contribution is 2.49. The van der Waals surface area contributed by atoms with Crippen LogP contribution in [-0.2, 0) is 22.4 Å². The van der Waals surface area contributed by atoms with Gasteiger partial charge in [-0.25, -0.2) is 0 Å². The smallest absolute Gasteiger partial charge is 0.225 e. The highest BCUT2D eigenvalue weighted by Gasteiger charge is 2.55. The van der Waals surface area contributed by atoms with E-state index < -0.39 is 55.2 Å². The molecule has 180 valence electrons. The van der Waals surface area contributed by atoms with Crippen molar-refractivity contribution >= 4 is 25.5 Å². The van der Waals surface area contributed by atoms with E-state index in [9.17, 15) is 34.8 Å². The maximum Gasteiger partial charge on any atom is 0.225 e. The van der Waals surface area contributed by atoms with Gasteiger partial charge in [0.05, 0.1) is 12.0 Å². The summed E-state index contributed by atoms with van der Waals surface area (Å²) in [6.07, 6.45) is 0.480. The van der Waals surface area contributed by atoms with Gasteiger partial charge >= 0.3 is 0 Å². The van der Waals surface area contributed by atoms with E-state index >= 15 is 0 Å². The molecule has 1 amide bonds. The Morgan fingerprint density at radius 1 is 1.21 bits per heavy atom. The van der Waals surface area contributed by atoms with Crippen LogP contribution in [0.25, 0.3) is 0 Å². The number of primary amides is 1. The van der Waals surface area contributed by atoms with Gasteiger partial charge in [-0.3, -0.25) is 14.4 Å². The summed E-state index contributed by atoms with van der Waals surface area (Å²) >= 11 is 0. The summed E-state index contributed by atoms with van der Waals surface area (Å²) in [5, 5.41) is 42.3. The van der Waals surface area contributed by atoms with Crippen molar-refractivity contribution in [3.05, 3.63) is 40.2 Å². The lowest BCUT2D eigenvalue weighted by Gasteiger charge is -2.44. The second kappa shape index (κ2) is 9.04. The van der Waals surface area contributed by atoms with Crippen LogP contribution in [0.15, 0.2) is 23.5 Å². The summed E-state index contributed by atoms with van der Waals surface area (Å²) in [6.45, 7) is 6.43. The maximum absolute atomic E-state index is 13.5. The molecular weight excluding hydrogens is 442 g/mol. The number of aromatic hydroxyl groups is 1. The molecule has 0 heterocycles. The Balaban J connectivity index is 2.13. The number of hydrogen-bond acceptors (Lipinski definition) is 7. The van der Waals surface area contributed by atoms with Crippen LogP contribution < -0.4 is 5.73 Å². The number of hydrogen-bond donors (Lipinski definition) is 5. The van der Waals surface area contributed by atoms with Crippen LogP contribution in [0.3, 0.4) is 0 Å². The first-order valence-corrected chi connectivity index (χ1v) is 15.0. The predicted molar refractivity (Wildman–Crippen MR) is 125 cm³/mol. The van der Waals surface area contributed by atoms with Crippen molar-refractivity contribution in [3.63, 3.8) is 0 Å². The number of phenolic OH excluding ortho intramolecular Hbond substituents is 1. The summed E-state index contributed by atoms with van der Waals surface area (Å²) in [5.41, 5.74) is 4.31. The first-order valence-electron chi connectivity index (χ1n) is 11.3. The molecule has 1 aromatic carbocycles. The highest BCUT2D eigenvalue weighted by molar-refractivity contribution is 6.76. The number of aliphatic hydroxyl groups is 3. The Kier molecular flexibility index (Phi) is 6.88. The van der Waals surface area contributed by atoms with Crippen molar-refractivity contribution in [2.24, 2.45) is 17.6 Å². The summed E-state index contributed by atoms with van der Waals surface area (Å²) in [6, 6.07) is 4.30. The molecule has 3 rings (SSSR count). The zero-order chi connectivity index (χ0) is 24.7. The van der Waals surface area contributed by atoms with Crippen LogP contribution in [0.4, 0.5) is 0 Å². The lowest BCUT2D eigenvalue weighted by atomic mass is 9.62. The molecule has 2 aliphatic rings. The third-order valence-corrected chi connectivity index (χ3v) is 8.63. The van der Waals surface area contributed by atoms with Gasteiger partial charge in [0.25, 0.3) is 0 Å². The zero-order valence-electron chi connectivity index (χ0n) is 19.4. The molecule has 0 unspecified atom stereocenters. The number of rotatable bonds is 8. The summed E-state index contributed by atoms with van der Waals surface area (Å²) in [5.74, 6) is -5.00. The lowest BCUT2D eigenvalue weighted by molar-refractivity contribution is -0.147. The van der Waals surface area contributed by atoms with Gasteiger partial charge in [0.2, 0.25) is 5.91 Å². The van der Waals surface area contributed by atoms with Crippen LogP contribution in [-0.4, -0.2) is 58.2 Å². The van der Waals surface area contributed by atoms with E-state index in [0.29, 0.717) is 6.42 Å². The second-order valence-corrected chi connectivity index (χ2v) is 16.0. The van der Waals surface area contributed by atoms with Crippen LogP contribution in [0, 0.1) is 11.8 Å². The standard InChI is InChI=1S/C24H33NO7Si/c1-33(2,3)9-7-13-4-5-17(27)21-16(13)11-14-10-15(6-8-26)24(32,18(28)12-19(25)29)23(31)20(14)22(21)30/h4-5,14-15,26-27,31-32H,6-12H2,1-3H3,(H2,25,29)/t14-,15-,24-/m1/s1. The van der Waals surface area contributed by atoms with Gasteiger partial charge in [-0.05, 0) is 48.8 Å². The normalized spacial score (nSPS) is 24.9. The molecule has 9 heteroatoms. The fraction of sp³-hybridized carbons (Fsp3) is 0.542. The van der Waals surface area contributed by atoms with Crippen molar-refractivity contribution in [2.45, 2.75) is 63.4 Å². The Bertz CT molecular complexity index is 1030. The van der Waals surface area contributed by atoms with E-state index in [4.69, 9.17) is 5.73 Å². The molecule has 0 saturated carbocycles. The number of ketones is 2. The number of fused-ring (bicyclic) bond motifs is 2. The van der Waals surface area contributed by atoms with Crippen LogP contribution in [0.2, 0.25) is 25.7 Å². The Labute approximate surface area is 194 Å². The number of benzene rings is 1. The Hall–Kier alpha value is -2.49. The molecule has 6 N–H and O–H groups in total. The minimum Gasteiger partial charge on any atom is -0.508 e. The summed E-state index contributed by atoms with van der Waals surface area (Å²) < 4.78 is 0. The first-order chi connectivity index (χ1) is 15.3. The molecular formula is C24H33NO7Si. The number of carbonyl (C=O) groups excluding carboxylic acids is 3. The van der Waals surface area contributed by atoms with Crippen molar-refractivity contribution in [2.75, 3.05) is 6.61 Å². The number of nitrogens with two attached hydrogens (primary N) is 1. The van der Waals surface area contributed by atoms with Crippen molar-refractivity contribution < 1.29 is 34.8 Å². The highest BCUT2D eigenvalue weighted by atomic mass is 28.3. The lowest BCUT2D eigenvalue weighted by Crippen LogP contribution is -2.54. The average molecular weight is 476 g/mol. The van der Waals surface area contributed by atoms with E-state index in [1.165, 1.54) is 6.07 Å². The van der Waals surface area contributed by atoms with Crippen LogP contribution >= 0.6 is 0 Å². The second-order valence-electron chi connectivity index (χ2n) is 10.4. The first kappa shape index (κ1) is 25.1. The Morgan fingerprint density at radius 2 is 1.88 bits per heavy atom. The van der Waals surface area contributed by atoms with E-state index in [-0.39, 0.29) is 36.3 Å². The minimum absolute atomic E-state index is 0.00158. The minimum atomic E-state index is -2.50. The van der Waals surface area contributed by atoms with E-state index in [0.717, 1.165) is 23.6 Å². The largest absolute Gasteiger partial charge is 0.508 e. The van der Waals surface area contributed by atoms with Gasteiger partial charge in [-0.15, -0.1) is 0 Å². The predicted octanol–water partition coefficient (Wildman–Crippen LogP) is 2.02. The number of allylic oxidation sites excluding steroid dienone is 1. The van der Waals surface area contributed by atoms with E-state index in [2.05, 4.69) is 19.6 Å². The molecule has 0 fully saturated rings. The molecule has 1 aromatic rings. The molecule has 0 aliphatic heterocycles. The molecule has 3 atom stereocenters. The molecule has 2 aliphatic carbocycles. The van der Waals surface area contributed by atoms with Gasteiger partial charge in [-0.2, -0.15) is 0 Å². The molecule has 8 nitrogen and oxygen atoms in total. The van der Waals surface area contributed by atoms with Crippen LogP contribution in [0.1, 0.15) is 40.7 Å². The number of aliphatic hydroxyl groups excluding tert-OH is 2.